The average Bonchev–Trinajstić information content (AvgIpc) is 2.42. The van der Waals surface area contributed by atoms with Crippen molar-refractivity contribution in [2.75, 3.05) is 26.9 Å². The molecule has 0 bridgehead atoms. The van der Waals surface area contributed by atoms with Crippen LogP contribution in [0.15, 0.2) is 24.3 Å². The van der Waals surface area contributed by atoms with E-state index < -0.39 is 0 Å². The van der Waals surface area contributed by atoms with E-state index in [9.17, 15) is 0 Å². The van der Waals surface area contributed by atoms with Crippen LogP contribution in [-0.4, -0.2) is 32.9 Å². The van der Waals surface area contributed by atoms with Gasteiger partial charge in [-0.2, -0.15) is 0 Å². The Morgan fingerprint density at radius 3 is 2.68 bits per heavy atom. The first-order valence-corrected chi connectivity index (χ1v) is 7.09. The first-order valence-electron chi connectivity index (χ1n) is 7.09. The molecule has 19 heavy (non-hydrogen) atoms. The standard InChI is InChI=1S/C16H27NO2/c1-5-19-12-15(11-17-13(2)3)9-14-7-6-8-16(10-14)18-4/h6-8,10,13,15,17H,5,9,11-12H2,1-4H3. The number of benzene rings is 1. The monoisotopic (exact) mass is 265 g/mol. The summed E-state index contributed by atoms with van der Waals surface area (Å²) in [7, 11) is 1.71. The lowest BCUT2D eigenvalue weighted by Gasteiger charge is -2.19. The van der Waals surface area contributed by atoms with Crippen LogP contribution in [0.25, 0.3) is 0 Å². The zero-order valence-electron chi connectivity index (χ0n) is 12.6. The Morgan fingerprint density at radius 1 is 1.26 bits per heavy atom. The normalized spacial score (nSPS) is 12.7. The third kappa shape index (κ3) is 6.60. The van der Waals surface area contributed by atoms with Gasteiger partial charge in [-0.05, 0) is 37.0 Å². The lowest BCUT2D eigenvalue weighted by atomic mass is 9.99. The molecule has 0 heterocycles. The van der Waals surface area contributed by atoms with Crippen LogP contribution in [0.5, 0.6) is 5.75 Å². The SMILES string of the molecule is CCOCC(CNC(C)C)Cc1cccc(OC)c1. The molecule has 1 rings (SSSR count). The zero-order chi connectivity index (χ0) is 14.1. The van der Waals surface area contributed by atoms with Crippen molar-refractivity contribution in [3.63, 3.8) is 0 Å². The predicted octanol–water partition coefficient (Wildman–Crippen LogP) is 2.89. The van der Waals surface area contributed by atoms with Gasteiger partial charge in [0, 0.05) is 19.2 Å². The average molecular weight is 265 g/mol. The van der Waals surface area contributed by atoms with Crippen LogP contribution in [0.2, 0.25) is 0 Å². The molecule has 0 aliphatic heterocycles. The highest BCUT2D eigenvalue weighted by Crippen LogP contribution is 2.16. The minimum atomic E-state index is 0.495. The van der Waals surface area contributed by atoms with E-state index in [1.54, 1.807) is 7.11 Å². The topological polar surface area (TPSA) is 30.5 Å². The second-order valence-electron chi connectivity index (χ2n) is 5.14. The summed E-state index contributed by atoms with van der Waals surface area (Å²) < 4.78 is 10.9. The molecule has 0 radical (unpaired) electrons. The maximum atomic E-state index is 5.59. The van der Waals surface area contributed by atoms with E-state index in [0.717, 1.165) is 31.9 Å². The van der Waals surface area contributed by atoms with Gasteiger partial charge in [-0.15, -0.1) is 0 Å². The van der Waals surface area contributed by atoms with Crippen LogP contribution in [0, 0.1) is 5.92 Å². The number of hydrogen-bond acceptors (Lipinski definition) is 3. The molecule has 0 aliphatic rings. The van der Waals surface area contributed by atoms with E-state index in [0.29, 0.717) is 12.0 Å². The van der Waals surface area contributed by atoms with Crippen molar-refractivity contribution in [3.8, 4) is 5.75 Å². The summed E-state index contributed by atoms with van der Waals surface area (Å²) >= 11 is 0. The van der Waals surface area contributed by atoms with Crippen molar-refractivity contribution in [2.24, 2.45) is 5.92 Å². The van der Waals surface area contributed by atoms with Gasteiger partial charge in [0.2, 0.25) is 0 Å². The van der Waals surface area contributed by atoms with Crippen molar-refractivity contribution in [2.45, 2.75) is 33.2 Å². The molecule has 0 spiro atoms. The molecular formula is C16H27NO2. The van der Waals surface area contributed by atoms with Crippen LogP contribution in [-0.2, 0) is 11.2 Å². The Hall–Kier alpha value is -1.06. The van der Waals surface area contributed by atoms with Crippen LogP contribution < -0.4 is 10.1 Å². The first-order chi connectivity index (χ1) is 9.15. The summed E-state index contributed by atoms with van der Waals surface area (Å²) in [5.41, 5.74) is 1.30. The molecule has 108 valence electrons. The fraction of sp³-hybridized carbons (Fsp3) is 0.625. The summed E-state index contributed by atoms with van der Waals surface area (Å²) in [6.07, 6.45) is 1.01. The van der Waals surface area contributed by atoms with Gasteiger partial charge in [0.15, 0.2) is 0 Å². The van der Waals surface area contributed by atoms with E-state index >= 15 is 0 Å². The van der Waals surface area contributed by atoms with Crippen molar-refractivity contribution < 1.29 is 9.47 Å². The largest absolute Gasteiger partial charge is 0.497 e. The van der Waals surface area contributed by atoms with Gasteiger partial charge < -0.3 is 14.8 Å². The summed E-state index contributed by atoms with van der Waals surface area (Å²) in [4.78, 5) is 0. The Bertz CT molecular complexity index is 352. The number of ether oxygens (including phenoxy) is 2. The van der Waals surface area contributed by atoms with E-state index in [1.807, 2.05) is 19.1 Å². The van der Waals surface area contributed by atoms with E-state index in [4.69, 9.17) is 9.47 Å². The highest BCUT2D eigenvalue weighted by atomic mass is 16.5. The van der Waals surface area contributed by atoms with Gasteiger partial charge in [0.1, 0.15) is 5.75 Å². The van der Waals surface area contributed by atoms with Gasteiger partial charge in [-0.1, -0.05) is 26.0 Å². The molecule has 0 fully saturated rings. The molecule has 0 saturated heterocycles. The maximum absolute atomic E-state index is 5.59. The number of rotatable bonds is 9. The van der Waals surface area contributed by atoms with Crippen molar-refractivity contribution >= 4 is 0 Å². The van der Waals surface area contributed by atoms with Gasteiger partial charge in [0.25, 0.3) is 0 Å². The molecule has 1 atom stereocenters. The molecule has 1 aromatic rings. The Balaban J connectivity index is 2.58. The Kier molecular flexibility index (Phi) is 7.53. The van der Waals surface area contributed by atoms with Crippen LogP contribution in [0.1, 0.15) is 26.3 Å². The molecule has 1 N–H and O–H groups in total. The van der Waals surface area contributed by atoms with Gasteiger partial charge in [0.05, 0.1) is 13.7 Å². The second kappa shape index (κ2) is 8.94. The minimum absolute atomic E-state index is 0.495. The molecule has 3 nitrogen and oxygen atoms in total. The lowest BCUT2D eigenvalue weighted by Crippen LogP contribution is -2.32. The minimum Gasteiger partial charge on any atom is -0.497 e. The molecule has 3 heteroatoms. The van der Waals surface area contributed by atoms with Crippen LogP contribution in [0.4, 0.5) is 0 Å². The van der Waals surface area contributed by atoms with Crippen molar-refractivity contribution in [1.29, 1.82) is 0 Å². The summed E-state index contributed by atoms with van der Waals surface area (Å²) in [5, 5.41) is 3.49. The van der Waals surface area contributed by atoms with Crippen molar-refractivity contribution in [3.05, 3.63) is 29.8 Å². The number of hydrogen-bond donors (Lipinski definition) is 1. The quantitative estimate of drug-likeness (QED) is 0.744. The molecule has 0 amide bonds. The fourth-order valence-electron chi connectivity index (χ4n) is 2.01. The molecule has 1 unspecified atom stereocenters. The fourth-order valence-corrected chi connectivity index (χ4v) is 2.01. The molecule has 0 aliphatic carbocycles. The molecule has 0 aromatic heterocycles. The van der Waals surface area contributed by atoms with E-state index in [1.165, 1.54) is 5.56 Å². The molecule has 0 saturated carbocycles. The molecular weight excluding hydrogens is 238 g/mol. The second-order valence-corrected chi connectivity index (χ2v) is 5.14. The Labute approximate surface area is 117 Å². The number of nitrogens with one attached hydrogen (secondary N) is 1. The maximum Gasteiger partial charge on any atom is 0.119 e. The van der Waals surface area contributed by atoms with Crippen molar-refractivity contribution in [1.82, 2.24) is 5.32 Å². The summed E-state index contributed by atoms with van der Waals surface area (Å²) in [6, 6.07) is 8.79. The number of methoxy groups -OCH3 is 1. The first kappa shape index (κ1) is 16.0. The highest BCUT2D eigenvalue weighted by Gasteiger charge is 2.11. The lowest BCUT2D eigenvalue weighted by molar-refractivity contribution is 0.109. The van der Waals surface area contributed by atoms with Gasteiger partial charge in [-0.3, -0.25) is 0 Å². The van der Waals surface area contributed by atoms with Gasteiger partial charge in [-0.25, -0.2) is 0 Å². The summed E-state index contributed by atoms with van der Waals surface area (Å²) in [5.74, 6) is 1.42. The predicted molar refractivity (Wildman–Crippen MR) is 79.8 cm³/mol. The molecule has 1 aromatic carbocycles. The third-order valence-corrected chi connectivity index (χ3v) is 3.03. The van der Waals surface area contributed by atoms with E-state index in [-0.39, 0.29) is 0 Å². The third-order valence-electron chi connectivity index (χ3n) is 3.03. The van der Waals surface area contributed by atoms with Crippen LogP contribution >= 0.6 is 0 Å². The van der Waals surface area contributed by atoms with Gasteiger partial charge >= 0.3 is 0 Å². The Morgan fingerprint density at radius 2 is 2.05 bits per heavy atom. The van der Waals surface area contributed by atoms with Crippen LogP contribution in [0.3, 0.4) is 0 Å². The highest BCUT2D eigenvalue weighted by molar-refractivity contribution is 5.28. The summed E-state index contributed by atoms with van der Waals surface area (Å²) in [6.45, 7) is 8.93. The zero-order valence-corrected chi connectivity index (χ0v) is 12.6. The smallest absolute Gasteiger partial charge is 0.119 e. The van der Waals surface area contributed by atoms with E-state index in [2.05, 4.69) is 31.3 Å².